The van der Waals surface area contributed by atoms with E-state index in [1.807, 2.05) is 62.4 Å². The molecule has 6 nitrogen and oxygen atoms in total. The minimum Gasteiger partial charge on any atom is -0.382 e. The average molecular weight is 307 g/mol. The highest BCUT2D eigenvalue weighted by Gasteiger charge is 2.18. The van der Waals surface area contributed by atoms with Crippen molar-refractivity contribution in [3.05, 3.63) is 65.4 Å². The SMILES string of the molecule is Cc1ccc(NC(=O)c2nnn(-c3ccccc3)c2N)c(C)c1. The Morgan fingerprint density at radius 3 is 2.57 bits per heavy atom. The van der Waals surface area contributed by atoms with Gasteiger partial charge in [0, 0.05) is 5.69 Å². The fraction of sp³-hybridized carbons (Fsp3) is 0.118. The summed E-state index contributed by atoms with van der Waals surface area (Å²) in [5.41, 5.74) is 9.73. The van der Waals surface area contributed by atoms with E-state index >= 15 is 0 Å². The zero-order chi connectivity index (χ0) is 16.4. The van der Waals surface area contributed by atoms with Crippen LogP contribution < -0.4 is 11.1 Å². The molecular weight excluding hydrogens is 290 g/mol. The van der Waals surface area contributed by atoms with Crippen molar-refractivity contribution >= 4 is 17.4 Å². The fourth-order valence-corrected chi connectivity index (χ4v) is 2.35. The third-order valence-corrected chi connectivity index (χ3v) is 3.55. The summed E-state index contributed by atoms with van der Waals surface area (Å²) >= 11 is 0. The molecule has 0 bridgehead atoms. The van der Waals surface area contributed by atoms with E-state index in [4.69, 9.17) is 5.73 Å². The molecule has 116 valence electrons. The van der Waals surface area contributed by atoms with Crippen molar-refractivity contribution in [1.82, 2.24) is 15.0 Å². The van der Waals surface area contributed by atoms with Crippen molar-refractivity contribution in [3.63, 3.8) is 0 Å². The smallest absolute Gasteiger partial charge is 0.280 e. The van der Waals surface area contributed by atoms with Gasteiger partial charge in [0.2, 0.25) is 0 Å². The number of amides is 1. The van der Waals surface area contributed by atoms with Gasteiger partial charge < -0.3 is 11.1 Å². The maximum atomic E-state index is 12.4. The van der Waals surface area contributed by atoms with Crippen molar-refractivity contribution in [3.8, 4) is 5.69 Å². The van der Waals surface area contributed by atoms with Crippen molar-refractivity contribution in [2.45, 2.75) is 13.8 Å². The second-order valence-corrected chi connectivity index (χ2v) is 5.34. The van der Waals surface area contributed by atoms with E-state index < -0.39 is 0 Å². The van der Waals surface area contributed by atoms with E-state index in [1.165, 1.54) is 4.68 Å². The molecule has 23 heavy (non-hydrogen) atoms. The lowest BCUT2D eigenvalue weighted by atomic mass is 10.1. The highest BCUT2D eigenvalue weighted by Crippen LogP contribution is 2.19. The van der Waals surface area contributed by atoms with Gasteiger partial charge in [-0.25, -0.2) is 0 Å². The van der Waals surface area contributed by atoms with Gasteiger partial charge in [-0.1, -0.05) is 41.1 Å². The maximum Gasteiger partial charge on any atom is 0.280 e. The summed E-state index contributed by atoms with van der Waals surface area (Å²) in [6, 6.07) is 15.1. The zero-order valence-electron chi connectivity index (χ0n) is 12.9. The molecule has 0 aliphatic rings. The molecule has 1 aromatic heterocycles. The molecule has 3 N–H and O–H groups in total. The second-order valence-electron chi connectivity index (χ2n) is 5.34. The largest absolute Gasteiger partial charge is 0.382 e. The van der Waals surface area contributed by atoms with Crippen molar-refractivity contribution < 1.29 is 4.79 Å². The quantitative estimate of drug-likeness (QED) is 0.779. The summed E-state index contributed by atoms with van der Waals surface area (Å²) in [7, 11) is 0. The summed E-state index contributed by atoms with van der Waals surface area (Å²) in [6.07, 6.45) is 0. The number of nitrogen functional groups attached to an aromatic ring is 1. The first-order chi connectivity index (χ1) is 11.1. The number of hydrogen-bond acceptors (Lipinski definition) is 4. The Labute approximate surface area is 133 Å². The number of benzene rings is 2. The standard InChI is InChI=1S/C17H17N5O/c1-11-8-9-14(12(2)10-11)19-17(23)15-16(18)22(21-20-15)13-6-4-3-5-7-13/h3-10H,18H2,1-2H3,(H,19,23). The predicted octanol–water partition coefficient (Wildman–Crippen LogP) is 2.72. The van der Waals surface area contributed by atoms with Crippen LogP contribution in [-0.4, -0.2) is 20.9 Å². The number of aromatic nitrogens is 3. The molecule has 1 amide bonds. The summed E-state index contributed by atoms with van der Waals surface area (Å²) in [6.45, 7) is 3.94. The lowest BCUT2D eigenvalue weighted by Crippen LogP contribution is -2.15. The van der Waals surface area contributed by atoms with Gasteiger partial charge in [-0.05, 0) is 37.6 Å². The molecule has 2 aromatic carbocycles. The first-order valence-corrected chi connectivity index (χ1v) is 7.21. The average Bonchev–Trinajstić information content (AvgIpc) is 2.92. The maximum absolute atomic E-state index is 12.4. The number of nitrogens with one attached hydrogen (secondary N) is 1. The Bertz CT molecular complexity index is 855. The summed E-state index contributed by atoms with van der Waals surface area (Å²) in [5, 5.41) is 10.7. The molecule has 1 heterocycles. The normalized spacial score (nSPS) is 10.5. The molecule has 0 fully saturated rings. The third-order valence-electron chi connectivity index (χ3n) is 3.55. The van der Waals surface area contributed by atoms with Gasteiger partial charge in [-0.15, -0.1) is 5.10 Å². The minimum absolute atomic E-state index is 0.105. The van der Waals surface area contributed by atoms with Gasteiger partial charge in [0.25, 0.3) is 5.91 Å². The number of nitrogens with two attached hydrogens (primary N) is 1. The highest BCUT2D eigenvalue weighted by molar-refractivity contribution is 6.06. The molecule has 3 rings (SSSR count). The molecule has 0 atom stereocenters. The lowest BCUT2D eigenvalue weighted by molar-refractivity contribution is 0.102. The molecule has 0 spiro atoms. The topological polar surface area (TPSA) is 85.8 Å². The molecular formula is C17H17N5O. The Morgan fingerprint density at radius 2 is 1.87 bits per heavy atom. The van der Waals surface area contributed by atoms with Crippen molar-refractivity contribution in [2.24, 2.45) is 0 Å². The number of hydrogen-bond donors (Lipinski definition) is 2. The van der Waals surface area contributed by atoms with E-state index in [0.29, 0.717) is 0 Å². The summed E-state index contributed by atoms with van der Waals surface area (Å²) in [4.78, 5) is 12.4. The van der Waals surface area contributed by atoms with E-state index in [9.17, 15) is 4.79 Å². The van der Waals surface area contributed by atoms with Gasteiger partial charge in [-0.3, -0.25) is 4.79 Å². The number of para-hydroxylation sites is 1. The van der Waals surface area contributed by atoms with Crippen LogP contribution in [0.2, 0.25) is 0 Å². The predicted molar refractivity (Wildman–Crippen MR) is 89.6 cm³/mol. The van der Waals surface area contributed by atoms with Crippen LogP contribution in [0.4, 0.5) is 11.5 Å². The van der Waals surface area contributed by atoms with Crippen LogP contribution in [0.15, 0.2) is 48.5 Å². The molecule has 6 heteroatoms. The summed E-state index contributed by atoms with van der Waals surface area (Å²) < 4.78 is 1.44. The van der Waals surface area contributed by atoms with Crippen LogP contribution in [-0.2, 0) is 0 Å². The Morgan fingerprint density at radius 1 is 1.13 bits per heavy atom. The van der Waals surface area contributed by atoms with Gasteiger partial charge in [0.1, 0.15) is 0 Å². The number of nitrogens with zero attached hydrogens (tertiary/aromatic N) is 3. The number of carbonyl (C=O) groups excluding carboxylic acids is 1. The first-order valence-electron chi connectivity index (χ1n) is 7.21. The van der Waals surface area contributed by atoms with Crippen molar-refractivity contribution in [1.29, 1.82) is 0 Å². The Balaban J connectivity index is 1.88. The summed E-state index contributed by atoms with van der Waals surface area (Å²) in [5.74, 6) is -0.171. The molecule has 0 saturated heterocycles. The van der Waals surface area contributed by atoms with Crippen LogP contribution in [0.5, 0.6) is 0 Å². The molecule has 0 unspecified atom stereocenters. The highest BCUT2D eigenvalue weighted by atomic mass is 16.2. The third kappa shape index (κ3) is 2.91. The van der Waals surface area contributed by atoms with E-state index in [0.717, 1.165) is 22.5 Å². The lowest BCUT2D eigenvalue weighted by Gasteiger charge is -2.08. The number of rotatable bonds is 3. The van der Waals surface area contributed by atoms with Gasteiger partial charge in [-0.2, -0.15) is 4.68 Å². The minimum atomic E-state index is -0.378. The Hall–Kier alpha value is -3.15. The second kappa shape index (κ2) is 5.92. The van der Waals surface area contributed by atoms with Crippen LogP contribution >= 0.6 is 0 Å². The monoisotopic (exact) mass is 307 g/mol. The van der Waals surface area contributed by atoms with Gasteiger partial charge >= 0.3 is 0 Å². The van der Waals surface area contributed by atoms with Crippen molar-refractivity contribution in [2.75, 3.05) is 11.1 Å². The number of carbonyl (C=O) groups is 1. The van der Waals surface area contributed by atoms with Gasteiger partial charge in [0.15, 0.2) is 11.5 Å². The van der Waals surface area contributed by atoms with Crippen LogP contribution in [0, 0.1) is 13.8 Å². The molecule has 0 aliphatic carbocycles. The van der Waals surface area contributed by atoms with E-state index in [2.05, 4.69) is 15.6 Å². The molecule has 0 saturated carbocycles. The zero-order valence-corrected chi connectivity index (χ0v) is 12.9. The molecule has 0 radical (unpaired) electrons. The first kappa shape index (κ1) is 14.8. The van der Waals surface area contributed by atoms with Crippen LogP contribution in [0.3, 0.4) is 0 Å². The van der Waals surface area contributed by atoms with Crippen LogP contribution in [0.1, 0.15) is 21.6 Å². The number of anilines is 2. The Kier molecular flexibility index (Phi) is 3.80. The van der Waals surface area contributed by atoms with Gasteiger partial charge in [0.05, 0.1) is 5.69 Å². The molecule has 3 aromatic rings. The van der Waals surface area contributed by atoms with E-state index in [1.54, 1.807) is 0 Å². The number of aryl methyl sites for hydroxylation is 2. The molecule has 0 aliphatic heterocycles. The fourth-order valence-electron chi connectivity index (χ4n) is 2.35. The van der Waals surface area contributed by atoms with E-state index in [-0.39, 0.29) is 17.4 Å². The van der Waals surface area contributed by atoms with Crippen LogP contribution in [0.25, 0.3) is 5.69 Å².